The van der Waals surface area contributed by atoms with Crippen LogP contribution in [0.5, 0.6) is 0 Å². The Balaban J connectivity index is 2.09. The number of anilines is 2. The molecule has 100 valence electrons. The first-order valence-electron chi connectivity index (χ1n) is 6.66. The molecule has 2 nitrogen and oxygen atoms in total. The van der Waals surface area contributed by atoms with Crippen molar-refractivity contribution >= 4 is 11.4 Å². The maximum Gasteiger partial charge on any atom is 0.127 e. The Kier molecular flexibility index (Phi) is 3.51. The maximum absolute atomic E-state index is 13.4. The minimum absolute atomic E-state index is 0.256. The summed E-state index contributed by atoms with van der Waals surface area (Å²) >= 11 is 0. The zero-order valence-electron chi connectivity index (χ0n) is 11.5. The molecule has 0 radical (unpaired) electrons. The third-order valence-electron chi connectivity index (χ3n) is 4.17. The average molecular weight is 250 g/mol. The molecule has 0 aliphatic heterocycles. The fourth-order valence-corrected chi connectivity index (χ4v) is 2.78. The van der Waals surface area contributed by atoms with Crippen LogP contribution in [0, 0.1) is 11.2 Å². The van der Waals surface area contributed by atoms with Gasteiger partial charge < -0.3 is 10.6 Å². The number of benzene rings is 1. The number of nitrogens with zero attached hydrogens (tertiary/aromatic N) is 1. The number of hydrogen-bond donors (Lipinski definition) is 1. The highest BCUT2D eigenvalue weighted by Gasteiger charge is 2.29. The van der Waals surface area contributed by atoms with Crippen LogP contribution in [0.15, 0.2) is 18.2 Å². The van der Waals surface area contributed by atoms with E-state index in [1.165, 1.54) is 31.7 Å². The summed E-state index contributed by atoms with van der Waals surface area (Å²) in [6.45, 7) is 4.65. The lowest BCUT2D eigenvalue weighted by molar-refractivity contribution is 0.222. The first kappa shape index (κ1) is 13.2. The van der Waals surface area contributed by atoms with Gasteiger partial charge >= 0.3 is 0 Å². The molecule has 1 aromatic rings. The zero-order valence-corrected chi connectivity index (χ0v) is 11.5. The standard InChI is InChI=1S/C15H23FN2/c1-15(2)6-4-13(5-7-15)18(3)14-9-11(16)8-12(17)10-14/h8-10,13H,4-7,17H2,1-3H3. The van der Waals surface area contributed by atoms with Crippen LogP contribution < -0.4 is 10.6 Å². The molecule has 0 atom stereocenters. The van der Waals surface area contributed by atoms with Gasteiger partial charge in [0.2, 0.25) is 0 Å². The predicted molar refractivity (Wildman–Crippen MR) is 75.3 cm³/mol. The summed E-state index contributed by atoms with van der Waals surface area (Å²) in [5.74, 6) is -0.256. The maximum atomic E-state index is 13.4. The molecule has 0 bridgehead atoms. The summed E-state index contributed by atoms with van der Waals surface area (Å²) in [6.07, 6.45) is 4.79. The first-order valence-corrected chi connectivity index (χ1v) is 6.66. The van der Waals surface area contributed by atoms with E-state index < -0.39 is 0 Å². The van der Waals surface area contributed by atoms with Gasteiger partial charge in [0.15, 0.2) is 0 Å². The van der Waals surface area contributed by atoms with Gasteiger partial charge in [0, 0.05) is 24.5 Å². The van der Waals surface area contributed by atoms with Gasteiger partial charge in [0.1, 0.15) is 5.82 Å². The van der Waals surface area contributed by atoms with Gasteiger partial charge in [-0.1, -0.05) is 13.8 Å². The van der Waals surface area contributed by atoms with Crippen molar-refractivity contribution in [2.75, 3.05) is 17.7 Å². The number of rotatable bonds is 2. The number of nitrogen functional groups attached to an aromatic ring is 1. The fraction of sp³-hybridized carbons (Fsp3) is 0.600. The van der Waals surface area contributed by atoms with Crippen LogP contribution in [-0.2, 0) is 0 Å². The van der Waals surface area contributed by atoms with Crippen LogP contribution >= 0.6 is 0 Å². The van der Waals surface area contributed by atoms with Crippen molar-refractivity contribution < 1.29 is 4.39 Å². The summed E-state index contributed by atoms with van der Waals surface area (Å²) in [5, 5.41) is 0. The molecule has 1 aliphatic carbocycles. The Bertz CT molecular complexity index is 398. The first-order chi connectivity index (χ1) is 8.37. The Morgan fingerprint density at radius 2 is 1.83 bits per heavy atom. The topological polar surface area (TPSA) is 29.3 Å². The van der Waals surface area contributed by atoms with E-state index in [-0.39, 0.29) is 5.82 Å². The van der Waals surface area contributed by atoms with Crippen molar-refractivity contribution in [3.05, 3.63) is 24.0 Å². The summed E-state index contributed by atoms with van der Waals surface area (Å²) < 4.78 is 13.4. The van der Waals surface area contributed by atoms with Crippen LogP contribution in [0.3, 0.4) is 0 Å². The largest absolute Gasteiger partial charge is 0.399 e. The monoisotopic (exact) mass is 250 g/mol. The lowest BCUT2D eigenvalue weighted by atomic mass is 9.75. The van der Waals surface area contributed by atoms with Gasteiger partial charge in [-0.3, -0.25) is 0 Å². The van der Waals surface area contributed by atoms with Crippen LogP contribution in [0.25, 0.3) is 0 Å². The lowest BCUT2D eigenvalue weighted by Crippen LogP contribution is -2.37. The van der Waals surface area contributed by atoms with Gasteiger partial charge in [-0.15, -0.1) is 0 Å². The van der Waals surface area contributed by atoms with Crippen molar-refractivity contribution in [1.29, 1.82) is 0 Å². The zero-order chi connectivity index (χ0) is 13.3. The van der Waals surface area contributed by atoms with E-state index in [4.69, 9.17) is 5.73 Å². The Morgan fingerprint density at radius 1 is 1.22 bits per heavy atom. The van der Waals surface area contributed by atoms with Crippen molar-refractivity contribution in [3.63, 3.8) is 0 Å². The molecule has 0 spiro atoms. The highest BCUT2D eigenvalue weighted by molar-refractivity contribution is 5.56. The number of nitrogens with two attached hydrogens (primary N) is 1. The van der Waals surface area contributed by atoms with Crippen LogP contribution in [0.1, 0.15) is 39.5 Å². The van der Waals surface area contributed by atoms with Crippen LogP contribution in [0.2, 0.25) is 0 Å². The summed E-state index contributed by atoms with van der Waals surface area (Å²) in [6, 6.07) is 5.28. The van der Waals surface area contributed by atoms with Crippen LogP contribution in [-0.4, -0.2) is 13.1 Å². The van der Waals surface area contributed by atoms with Crippen molar-refractivity contribution in [2.45, 2.75) is 45.6 Å². The average Bonchev–Trinajstić information content (AvgIpc) is 2.27. The fourth-order valence-electron chi connectivity index (χ4n) is 2.78. The molecule has 0 unspecified atom stereocenters. The second-order valence-corrected chi connectivity index (χ2v) is 6.25. The second-order valence-electron chi connectivity index (χ2n) is 6.25. The molecular weight excluding hydrogens is 227 g/mol. The highest BCUT2D eigenvalue weighted by atomic mass is 19.1. The molecule has 1 aliphatic rings. The van der Waals surface area contributed by atoms with Gasteiger partial charge in [-0.2, -0.15) is 0 Å². The number of halogens is 1. The molecule has 2 N–H and O–H groups in total. The van der Waals surface area contributed by atoms with E-state index in [1.54, 1.807) is 6.07 Å². The van der Waals surface area contributed by atoms with Gasteiger partial charge in [-0.25, -0.2) is 4.39 Å². The third kappa shape index (κ3) is 2.95. The van der Waals surface area contributed by atoms with Crippen LogP contribution in [0.4, 0.5) is 15.8 Å². The summed E-state index contributed by atoms with van der Waals surface area (Å²) in [5.41, 5.74) is 7.54. The summed E-state index contributed by atoms with van der Waals surface area (Å²) in [4.78, 5) is 2.18. The van der Waals surface area contributed by atoms with E-state index >= 15 is 0 Å². The van der Waals surface area contributed by atoms with Gasteiger partial charge in [0.05, 0.1) is 0 Å². The van der Waals surface area contributed by atoms with E-state index in [1.807, 2.05) is 13.1 Å². The highest BCUT2D eigenvalue weighted by Crippen LogP contribution is 2.37. The quantitative estimate of drug-likeness (QED) is 0.809. The third-order valence-corrected chi connectivity index (χ3v) is 4.17. The molecule has 0 saturated heterocycles. The Hall–Kier alpha value is -1.25. The van der Waals surface area contributed by atoms with E-state index in [9.17, 15) is 4.39 Å². The second kappa shape index (κ2) is 4.79. The molecule has 1 saturated carbocycles. The van der Waals surface area contributed by atoms with E-state index in [0.29, 0.717) is 17.1 Å². The van der Waals surface area contributed by atoms with Crippen molar-refractivity contribution in [1.82, 2.24) is 0 Å². The Labute approximate surface area is 109 Å². The molecule has 18 heavy (non-hydrogen) atoms. The van der Waals surface area contributed by atoms with Gasteiger partial charge in [0.25, 0.3) is 0 Å². The molecule has 0 amide bonds. The minimum Gasteiger partial charge on any atom is -0.399 e. The molecule has 0 heterocycles. The molecule has 2 rings (SSSR count). The molecule has 0 aromatic heterocycles. The van der Waals surface area contributed by atoms with Crippen molar-refractivity contribution in [3.8, 4) is 0 Å². The SMILES string of the molecule is CN(c1cc(N)cc(F)c1)C1CCC(C)(C)CC1. The minimum atomic E-state index is -0.256. The predicted octanol–water partition coefficient (Wildman–Crippen LogP) is 3.81. The van der Waals surface area contributed by atoms with Gasteiger partial charge in [-0.05, 0) is 49.3 Å². The lowest BCUT2D eigenvalue weighted by Gasteiger charge is -2.39. The van der Waals surface area contributed by atoms with Crippen molar-refractivity contribution in [2.24, 2.45) is 5.41 Å². The van der Waals surface area contributed by atoms with E-state index in [2.05, 4.69) is 18.7 Å². The molecule has 1 fully saturated rings. The summed E-state index contributed by atoms with van der Waals surface area (Å²) in [7, 11) is 2.04. The smallest absolute Gasteiger partial charge is 0.127 e. The number of hydrogen-bond acceptors (Lipinski definition) is 2. The molecule has 3 heteroatoms. The Morgan fingerprint density at radius 3 is 2.39 bits per heavy atom. The molecule has 1 aromatic carbocycles. The van der Waals surface area contributed by atoms with E-state index in [0.717, 1.165) is 5.69 Å². The molecular formula is C15H23FN2. The normalized spacial score (nSPS) is 19.8.